The maximum Gasteiger partial charge on any atom is 0.262 e. The first-order valence-electron chi connectivity index (χ1n) is 11.3. The van der Waals surface area contributed by atoms with Gasteiger partial charge in [0.15, 0.2) is 14.1 Å². The summed E-state index contributed by atoms with van der Waals surface area (Å²) < 4.78 is 25.0. The topological polar surface area (TPSA) is 80.2 Å². The van der Waals surface area contributed by atoms with Crippen LogP contribution >= 0.6 is 0 Å². The van der Waals surface area contributed by atoms with Gasteiger partial charge in [0, 0.05) is 23.3 Å². The monoisotopic (exact) mass is 482 g/mol. The molecule has 2 aromatic heterocycles. The van der Waals surface area contributed by atoms with Crippen LogP contribution < -0.4 is 19.5 Å². The molecule has 4 aromatic carbocycles. The van der Waals surface area contributed by atoms with E-state index in [1.54, 1.807) is 9.48 Å². The molecule has 2 heterocycles. The minimum absolute atomic E-state index is 0.929. The van der Waals surface area contributed by atoms with Crippen LogP contribution in [0.5, 0.6) is 0 Å². The highest BCUT2D eigenvalue weighted by Crippen LogP contribution is 2.27. The van der Waals surface area contributed by atoms with Crippen molar-refractivity contribution in [2.75, 3.05) is 0 Å². The molecule has 0 unspecified atom stereocenters. The Hall–Kier alpha value is -4.27. The average Bonchev–Trinajstić information content (AvgIpc) is 3.42. The van der Waals surface area contributed by atoms with E-state index in [0.717, 1.165) is 44.5 Å². The zero-order chi connectivity index (χ0) is 25.5. The number of aryl methyl sites for hydroxylation is 2. The highest BCUT2D eigenvalue weighted by atomic mass is 19.1. The number of aromatic nitrogens is 2. The Morgan fingerprint density at radius 1 is 0.556 bits per heavy atom. The van der Waals surface area contributed by atoms with E-state index in [9.17, 15) is 4.32 Å². The third kappa shape index (κ3) is 5.68. The van der Waals surface area contributed by atoms with Crippen molar-refractivity contribution >= 4 is 29.2 Å². The van der Waals surface area contributed by atoms with Gasteiger partial charge < -0.3 is 14.4 Å². The Morgan fingerprint density at radius 3 is 1.22 bits per heavy atom. The van der Waals surface area contributed by atoms with Crippen molar-refractivity contribution in [2.24, 2.45) is 14.1 Å². The first-order valence-corrected chi connectivity index (χ1v) is 11.3. The van der Waals surface area contributed by atoms with Crippen LogP contribution in [-0.2, 0) is 14.1 Å². The van der Waals surface area contributed by atoms with Crippen molar-refractivity contribution in [3.05, 3.63) is 109 Å². The van der Waals surface area contributed by atoms with E-state index >= 15 is 0 Å². The Morgan fingerprint density at radius 2 is 0.861 bits per heavy atom. The molecule has 6 nitrogen and oxygen atoms in total. The molecular formula is C28H24BFN2O4. The smallest absolute Gasteiger partial charge is 0.262 e. The summed E-state index contributed by atoms with van der Waals surface area (Å²) in [4.78, 5) is 0. The molecule has 0 fully saturated rings. The number of benzene rings is 4. The Bertz CT molecular complexity index is 1430. The van der Waals surface area contributed by atoms with Gasteiger partial charge >= 0.3 is 0 Å². The Labute approximate surface area is 208 Å². The van der Waals surface area contributed by atoms with Crippen molar-refractivity contribution < 1.29 is 32.9 Å². The summed E-state index contributed by atoms with van der Waals surface area (Å²) in [5.74, 6) is 1.86. The van der Waals surface area contributed by atoms with Crippen LogP contribution in [0, 0.1) is 0 Å². The lowest BCUT2D eigenvalue weighted by atomic mass is 10.1. The van der Waals surface area contributed by atoms with Gasteiger partial charge in [-0.2, -0.15) is 0 Å². The van der Waals surface area contributed by atoms with Gasteiger partial charge in [0.1, 0.15) is 18.2 Å². The standard InChI is InChI=1S/2C14H12NO.BFO2/c2*1-15-13-10-6-5-9-12(13)14(16-15)11-7-3-2-4-8-11;2-1(3)4/h2*2-10H,1H3;/q2*+1;-2. The van der Waals surface area contributed by atoms with E-state index in [1.165, 1.54) is 0 Å². The molecule has 0 radical (unpaired) electrons. The quantitative estimate of drug-likeness (QED) is 0.280. The second-order valence-corrected chi connectivity index (χ2v) is 7.88. The van der Waals surface area contributed by atoms with E-state index in [2.05, 4.69) is 48.5 Å². The average molecular weight is 482 g/mol. The van der Waals surface area contributed by atoms with Crippen molar-refractivity contribution in [1.29, 1.82) is 0 Å². The highest BCUT2D eigenvalue weighted by molar-refractivity contribution is 6.27. The van der Waals surface area contributed by atoms with E-state index in [-0.39, 0.29) is 0 Å². The van der Waals surface area contributed by atoms with Crippen LogP contribution in [-0.4, -0.2) is 7.40 Å². The van der Waals surface area contributed by atoms with Crippen LogP contribution in [0.2, 0.25) is 0 Å². The van der Waals surface area contributed by atoms with Crippen molar-refractivity contribution in [1.82, 2.24) is 0 Å². The van der Waals surface area contributed by atoms with Crippen LogP contribution in [0.3, 0.4) is 0 Å². The van der Waals surface area contributed by atoms with E-state index in [0.29, 0.717) is 0 Å². The van der Waals surface area contributed by atoms with Crippen LogP contribution in [0.4, 0.5) is 4.32 Å². The molecule has 180 valence electrons. The molecule has 0 aliphatic rings. The number of hydrogen-bond donors (Lipinski definition) is 0. The van der Waals surface area contributed by atoms with Gasteiger partial charge in [-0.1, -0.05) is 84.9 Å². The van der Waals surface area contributed by atoms with Gasteiger partial charge in [0.2, 0.25) is 11.5 Å². The van der Waals surface area contributed by atoms with E-state index in [1.807, 2.05) is 74.8 Å². The Balaban J connectivity index is 0.000000148. The molecule has 0 saturated carbocycles. The molecule has 0 amide bonds. The van der Waals surface area contributed by atoms with Crippen molar-refractivity contribution in [3.63, 3.8) is 0 Å². The fraction of sp³-hybridized carbons (Fsp3) is 0.0714. The number of halogens is 1. The lowest BCUT2D eigenvalue weighted by Gasteiger charge is -2.09. The third-order valence-corrected chi connectivity index (χ3v) is 5.50. The molecule has 0 saturated heterocycles. The number of hydrogen-bond acceptors (Lipinski definition) is 4. The predicted molar refractivity (Wildman–Crippen MR) is 133 cm³/mol. The minimum atomic E-state index is -3.17. The molecule has 8 heteroatoms. The van der Waals surface area contributed by atoms with Crippen molar-refractivity contribution in [2.45, 2.75) is 0 Å². The second-order valence-electron chi connectivity index (χ2n) is 7.88. The number of fused-ring (bicyclic) bond motifs is 2. The molecule has 0 aliphatic heterocycles. The summed E-state index contributed by atoms with van der Waals surface area (Å²) in [7, 11) is 0.684. The third-order valence-electron chi connectivity index (χ3n) is 5.50. The molecule has 0 bridgehead atoms. The zero-order valence-corrected chi connectivity index (χ0v) is 19.9. The fourth-order valence-electron chi connectivity index (χ4n) is 3.95. The first-order chi connectivity index (χ1) is 17.5. The number of nitrogens with zero attached hydrogens (tertiary/aromatic N) is 2. The molecule has 6 rings (SSSR count). The number of para-hydroxylation sites is 2. The lowest BCUT2D eigenvalue weighted by molar-refractivity contribution is -0.823. The lowest BCUT2D eigenvalue weighted by Crippen LogP contribution is -2.39. The van der Waals surface area contributed by atoms with Gasteiger partial charge in [-0.25, -0.2) is 9.05 Å². The second kappa shape index (κ2) is 11.4. The van der Waals surface area contributed by atoms with Crippen LogP contribution in [0.15, 0.2) is 118 Å². The summed E-state index contributed by atoms with van der Waals surface area (Å²) in [6.45, 7) is 0. The predicted octanol–water partition coefficient (Wildman–Crippen LogP) is 3.51. The summed E-state index contributed by atoms with van der Waals surface area (Å²) >= 11 is 0. The summed E-state index contributed by atoms with van der Waals surface area (Å²) in [5, 5.41) is 18.9. The van der Waals surface area contributed by atoms with Gasteiger partial charge in [-0.3, -0.25) is 0 Å². The van der Waals surface area contributed by atoms with Crippen molar-refractivity contribution in [3.8, 4) is 22.6 Å². The minimum Gasteiger partial charge on any atom is -0.867 e. The van der Waals surface area contributed by atoms with Crippen LogP contribution in [0.25, 0.3) is 44.5 Å². The molecule has 0 atom stereocenters. The fourth-order valence-corrected chi connectivity index (χ4v) is 3.95. The largest absolute Gasteiger partial charge is 0.867 e. The number of rotatable bonds is 2. The van der Waals surface area contributed by atoms with E-state index < -0.39 is 7.40 Å². The maximum absolute atomic E-state index is 9.89. The molecule has 36 heavy (non-hydrogen) atoms. The summed E-state index contributed by atoms with van der Waals surface area (Å²) in [5.41, 5.74) is 4.45. The molecule has 6 aromatic rings. The molecule has 0 N–H and O–H groups in total. The summed E-state index contributed by atoms with van der Waals surface area (Å²) in [6, 6.07) is 36.7. The summed E-state index contributed by atoms with van der Waals surface area (Å²) in [6.07, 6.45) is 0. The SMILES string of the molecule is C[n+]1oc(-c2ccccc2)c2ccccc21.C[n+]1oc(-c2ccccc2)c2ccccc21.[O-]B([O-])F. The van der Waals surface area contributed by atoms with Gasteiger partial charge in [-0.15, -0.1) is 0 Å². The highest BCUT2D eigenvalue weighted by Gasteiger charge is 2.19. The van der Waals surface area contributed by atoms with Gasteiger partial charge in [0.05, 0.1) is 0 Å². The van der Waals surface area contributed by atoms with Gasteiger partial charge in [0.25, 0.3) is 11.0 Å². The normalized spacial score (nSPS) is 10.4. The van der Waals surface area contributed by atoms with E-state index in [4.69, 9.17) is 19.1 Å². The maximum atomic E-state index is 9.89. The van der Waals surface area contributed by atoms with Gasteiger partial charge in [-0.05, 0) is 21.6 Å². The Kier molecular flexibility index (Phi) is 7.90. The first kappa shape index (κ1) is 24.8. The molecule has 0 spiro atoms. The molecular weight excluding hydrogens is 458 g/mol. The van der Waals surface area contributed by atoms with Crippen LogP contribution in [0.1, 0.15) is 0 Å². The zero-order valence-electron chi connectivity index (χ0n) is 19.9. The molecule has 0 aliphatic carbocycles.